The van der Waals surface area contributed by atoms with Crippen LogP contribution in [0.3, 0.4) is 0 Å². The lowest BCUT2D eigenvalue weighted by Crippen LogP contribution is -2.14. The molecule has 5 heteroatoms. The highest BCUT2D eigenvalue weighted by atomic mass is 32.1. The molecule has 1 amide bonds. The Balaban J connectivity index is 2.19. The van der Waals surface area contributed by atoms with Gasteiger partial charge in [-0.1, -0.05) is 31.3 Å². The third kappa shape index (κ3) is 3.19. The summed E-state index contributed by atoms with van der Waals surface area (Å²) >= 11 is 6.37. The van der Waals surface area contributed by atoms with Crippen molar-refractivity contribution in [2.45, 2.75) is 13.3 Å². The number of rotatable bonds is 4. The van der Waals surface area contributed by atoms with Crippen LogP contribution in [0.25, 0.3) is 0 Å². The average Bonchev–Trinajstić information content (AvgIpc) is 2.87. The Morgan fingerprint density at radius 2 is 2.21 bits per heavy atom. The molecule has 19 heavy (non-hydrogen) atoms. The van der Waals surface area contributed by atoms with E-state index in [0.717, 1.165) is 22.4 Å². The van der Waals surface area contributed by atoms with Crippen molar-refractivity contribution in [1.29, 1.82) is 0 Å². The molecule has 0 aliphatic carbocycles. The van der Waals surface area contributed by atoms with Crippen molar-refractivity contribution in [3.8, 4) is 0 Å². The molecule has 3 nitrogen and oxygen atoms in total. The van der Waals surface area contributed by atoms with Crippen molar-refractivity contribution in [2.75, 3.05) is 5.32 Å². The molecular formula is C14H14N2OS2. The number of carbonyl (C=O) groups excluding carboxylic acids is 1. The van der Waals surface area contributed by atoms with E-state index in [1.54, 1.807) is 6.07 Å². The number of anilines is 1. The predicted octanol–water partition coefficient (Wildman–Crippen LogP) is 3.20. The minimum atomic E-state index is -0.0908. The lowest BCUT2D eigenvalue weighted by Gasteiger charge is -2.07. The SMILES string of the molecule is CCc1ccsc1C(=O)Nc1cccc(C(N)=S)c1. The predicted molar refractivity (Wildman–Crippen MR) is 84.0 cm³/mol. The van der Waals surface area contributed by atoms with Crippen molar-refractivity contribution in [3.05, 3.63) is 51.7 Å². The molecule has 0 radical (unpaired) electrons. The van der Waals surface area contributed by atoms with E-state index >= 15 is 0 Å². The van der Waals surface area contributed by atoms with Crippen LogP contribution in [0, 0.1) is 0 Å². The Morgan fingerprint density at radius 3 is 2.89 bits per heavy atom. The first-order valence-corrected chi connectivity index (χ1v) is 7.18. The number of thiocarbonyl (C=S) groups is 1. The van der Waals surface area contributed by atoms with Gasteiger partial charge < -0.3 is 11.1 Å². The molecule has 2 rings (SSSR count). The number of carbonyl (C=O) groups is 1. The summed E-state index contributed by atoms with van der Waals surface area (Å²) in [6, 6.07) is 9.21. The molecule has 0 fully saturated rings. The maximum absolute atomic E-state index is 12.2. The van der Waals surface area contributed by atoms with E-state index in [-0.39, 0.29) is 5.91 Å². The standard InChI is InChI=1S/C14H14N2OS2/c1-2-9-6-7-19-12(9)14(17)16-11-5-3-4-10(8-11)13(15)18/h3-8H,2H2,1H3,(H2,15,18)(H,16,17). The molecule has 2 aromatic rings. The molecule has 0 bridgehead atoms. The zero-order chi connectivity index (χ0) is 13.8. The molecule has 0 aliphatic heterocycles. The van der Waals surface area contributed by atoms with E-state index in [1.807, 2.05) is 36.6 Å². The highest BCUT2D eigenvalue weighted by Crippen LogP contribution is 2.19. The molecule has 1 aromatic carbocycles. The fourth-order valence-electron chi connectivity index (χ4n) is 1.75. The third-order valence-corrected chi connectivity index (χ3v) is 3.93. The topological polar surface area (TPSA) is 55.1 Å². The van der Waals surface area contributed by atoms with Crippen LogP contribution in [0.15, 0.2) is 35.7 Å². The van der Waals surface area contributed by atoms with Crippen LogP contribution in [0.2, 0.25) is 0 Å². The fraction of sp³-hybridized carbons (Fsp3) is 0.143. The second-order valence-corrected chi connectivity index (χ2v) is 5.38. The van der Waals surface area contributed by atoms with Gasteiger partial charge in [0.15, 0.2) is 0 Å². The number of nitrogens with one attached hydrogen (secondary N) is 1. The minimum Gasteiger partial charge on any atom is -0.389 e. The van der Waals surface area contributed by atoms with Crippen molar-refractivity contribution < 1.29 is 4.79 Å². The van der Waals surface area contributed by atoms with Crippen molar-refractivity contribution in [2.24, 2.45) is 5.73 Å². The van der Waals surface area contributed by atoms with Crippen molar-refractivity contribution in [3.63, 3.8) is 0 Å². The van der Waals surface area contributed by atoms with Gasteiger partial charge in [-0.25, -0.2) is 0 Å². The summed E-state index contributed by atoms with van der Waals surface area (Å²) in [4.78, 5) is 13.2. The number of amides is 1. The van der Waals surface area contributed by atoms with Gasteiger partial charge in [0.05, 0.1) is 4.88 Å². The Kier molecular flexibility index (Phi) is 4.29. The number of hydrogen-bond acceptors (Lipinski definition) is 3. The maximum atomic E-state index is 12.2. The maximum Gasteiger partial charge on any atom is 0.266 e. The highest BCUT2D eigenvalue weighted by molar-refractivity contribution is 7.80. The Morgan fingerprint density at radius 1 is 1.42 bits per heavy atom. The smallest absolute Gasteiger partial charge is 0.266 e. The van der Waals surface area contributed by atoms with Crippen LogP contribution in [-0.4, -0.2) is 10.9 Å². The van der Waals surface area contributed by atoms with Crippen LogP contribution in [0.1, 0.15) is 27.7 Å². The Labute approximate surface area is 121 Å². The van der Waals surface area contributed by atoms with E-state index in [4.69, 9.17) is 18.0 Å². The molecule has 0 saturated carbocycles. The van der Waals surface area contributed by atoms with Gasteiger partial charge in [0.1, 0.15) is 4.99 Å². The van der Waals surface area contributed by atoms with Gasteiger partial charge in [-0.3, -0.25) is 4.79 Å². The van der Waals surface area contributed by atoms with Gasteiger partial charge in [0, 0.05) is 11.3 Å². The number of hydrogen-bond donors (Lipinski definition) is 2. The van der Waals surface area contributed by atoms with Gasteiger partial charge in [-0.2, -0.15) is 0 Å². The van der Waals surface area contributed by atoms with Crippen LogP contribution in [0.4, 0.5) is 5.69 Å². The van der Waals surface area contributed by atoms with Gasteiger partial charge in [-0.15, -0.1) is 11.3 Å². The Hall–Kier alpha value is -1.72. The highest BCUT2D eigenvalue weighted by Gasteiger charge is 2.12. The van der Waals surface area contributed by atoms with Crippen molar-refractivity contribution >= 4 is 40.1 Å². The van der Waals surface area contributed by atoms with Gasteiger partial charge in [0.2, 0.25) is 0 Å². The summed E-state index contributed by atoms with van der Waals surface area (Å²) < 4.78 is 0. The average molecular weight is 290 g/mol. The molecule has 0 atom stereocenters. The van der Waals surface area contributed by atoms with E-state index < -0.39 is 0 Å². The second kappa shape index (κ2) is 5.95. The molecule has 0 aliphatic rings. The fourth-order valence-corrected chi connectivity index (χ4v) is 2.77. The van der Waals surface area contributed by atoms with E-state index in [0.29, 0.717) is 10.7 Å². The summed E-state index contributed by atoms with van der Waals surface area (Å²) in [6.45, 7) is 2.03. The Bertz CT molecular complexity index is 619. The molecule has 3 N–H and O–H groups in total. The van der Waals surface area contributed by atoms with Crippen LogP contribution in [0.5, 0.6) is 0 Å². The minimum absolute atomic E-state index is 0.0908. The molecule has 1 aromatic heterocycles. The quantitative estimate of drug-likeness (QED) is 0.850. The van der Waals surface area contributed by atoms with E-state index in [9.17, 15) is 4.79 Å². The van der Waals surface area contributed by atoms with Crippen LogP contribution < -0.4 is 11.1 Å². The lowest BCUT2D eigenvalue weighted by molar-refractivity contribution is 0.103. The summed E-state index contributed by atoms with van der Waals surface area (Å²) in [7, 11) is 0. The molecule has 0 unspecified atom stereocenters. The normalized spacial score (nSPS) is 10.2. The summed E-state index contributed by atoms with van der Waals surface area (Å²) in [5, 5.41) is 4.80. The summed E-state index contributed by atoms with van der Waals surface area (Å²) in [6.07, 6.45) is 0.846. The zero-order valence-electron chi connectivity index (χ0n) is 10.5. The molecule has 1 heterocycles. The first kappa shape index (κ1) is 13.7. The molecule has 0 spiro atoms. The first-order chi connectivity index (χ1) is 9.11. The molecule has 98 valence electrons. The number of nitrogens with two attached hydrogens (primary N) is 1. The number of aryl methyl sites for hydroxylation is 1. The summed E-state index contributed by atoms with van der Waals surface area (Å²) in [5.41, 5.74) is 8.08. The lowest BCUT2D eigenvalue weighted by atomic mass is 10.2. The van der Waals surface area contributed by atoms with Gasteiger partial charge in [0.25, 0.3) is 5.91 Å². The van der Waals surface area contributed by atoms with Gasteiger partial charge >= 0.3 is 0 Å². The second-order valence-electron chi connectivity index (χ2n) is 4.03. The number of benzene rings is 1. The zero-order valence-corrected chi connectivity index (χ0v) is 12.1. The summed E-state index contributed by atoms with van der Waals surface area (Å²) in [5.74, 6) is -0.0908. The number of thiophene rings is 1. The van der Waals surface area contributed by atoms with E-state index in [2.05, 4.69) is 5.32 Å². The van der Waals surface area contributed by atoms with Crippen molar-refractivity contribution in [1.82, 2.24) is 0 Å². The van der Waals surface area contributed by atoms with E-state index in [1.165, 1.54) is 11.3 Å². The van der Waals surface area contributed by atoms with Gasteiger partial charge in [-0.05, 0) is 35.6 Å². The monoisotopic (exact) mass is 290 g/mol. The third-order valence-electron chi connectivity index (χ3n) is 2.74. The first-order valence-electron chi connectivity index (χ1n) is 5.89. The molecule has 0 saturated heterocycles. The van der Waals surface area contributed by atoms with Crippen LogP contribution in [-0.2, 0) is 6.42 Å². The largest absolute Gasteiger partial charge is 0.389 e. The van der Waals surface area contributed by atoms with Crippen LogP contribution >= 0.6 is 23.6 Å². The molecular weight excluding hydrogens is 276 g/mol.